The fourth-order valence-electron chi connectivity index (χ4n) is 2.72. The van der Waals surface area contributed by atoms with Crippen LogP contribution in [0.5, 0.6) is 0 Å². The number of hydrogen-bond acceptors (Lipinski definition) is 5. The van der Waals surface area contributed by atoms with Crippen molar-refractivity contribution in [2.45, 2.75) is 52.7 Å². The van der Waals surface area contributed by atoms with E-state index in [4.69, 9.17) is 9.72 Å². The lowest BCUT2D eigenvalue weighted by Gasteiger charge is -2.31. The summed E-state index contributed by atoms with van der Waals surface area (Å²) in [6.45, 7) is 12.6. The Morgan fingerprint density at radius 2 is 2.19 bits per heavy atom. The van der Waals surface area contributed by atoms with Gasteiger partial charge in [0, 0.05) is 24.5 Å². The molecule has 120 valence electrons. The summed E-state index contributed by atoms with van der Waals surface area (Å²) >= 11 is 1.84. The number of thiazole rings is 1. The van der Waals surface area contributed by atoms with Crippen LogP contribution in [0.1, 0.15) is 55.3 Å². The van der Waals surface area contributed by atoms with Crippen molar-refractivity contribution in [3.8, 4) is 0 Å². The smallest absolute Gasteiger partial charge is 0.123 e. The van der Waals surface area contributed by atoms with Gasteiger partial charge in [-0.05, 0) is 25.9 Å². The molecule has 1 aliphatic rings. The monoisotopic (exact) mass is 311 g/mol. The van der Waals surface area contributed by atoms with Crippen LogP contribution < -0.4 is 5.32 Å². The van der Waals surface area contributed by atoms with Crippen LogP contribution in [0.4, 0.5) is 0 Å². The third-order valence-corrected chi connectivity index (χ3v) is 4.97. The van der Waals surface area contributed by atoms with Crippen LogP contribution in [0.2, 0.25) is 0 Å². The molecule has 1 fully saturated rings. The highest BCUT2D eigenvalue weighted by Gasteiger charge is 2.25. The second-order valence-electron chi connectivity index (χ2n) is 5.61. The lowest BCUT2D eigenvalue weighted by molar-refractivity contribution is -0.0299. The van der Waals surface area contributed by atoms with E-state index in [9.17, 15) is 0 Å². The van der Waals surface area contributed by atoms with E-state index in [1.807, 2.05) is 11.3 Å². The van der Waals surface area contributed by atoms with Crippen LogP contribution >= 0.6 is 11.3 Å². The van der Waals surface area contributed by atoms with Crippen LogP contribution in [-0.4, -0.2) is 42.7 Å². The topological polar surface area (TPSA) is 37.4 Å². The molecular weight excluding hydrogens is 282 g/mol. The van der Waals surface area contributed by atoms with E-state index in [-0.39, 0.29) is 6.10 Å². The van der Waals surface area contributed by atoms with Gasteiger partial charge in [-0.25, -0.2) is 4.98 Å². The molecule has 21 heavy (non-hydrogen) atoms. The van der Waals surface area contributed by atoms with E-state index in [0.717, 1.165) is 52.2 Å². The second kappa shape index (κ2) is 8.83. The molecule has 1 saturated heterocycles. The summed E-state index contributed by atoms with van der Waals surface area (Å²) in [7, 11) is 0. The van der Waals surface area contributed by atoms with E-state index < -0.39 is 0 Å². The van der Waals surface area contributed by atoms with Crippen LogP contribution in [-0.2, 0) is 17.7 Å². The largest absolute Gasteiger partial charge is 0.368 e. The van der Waals surface area contributed by atoms with E-state index in [1.165, 1.54) is 22.0 Å². The lowest BCUT2D eigenvalue weighted by Crippen LogP contribution is -2.38. The molecule has 1 atom stereocenters. The second-order valence-corrected chi connectivity index (χ2v) is 6.73. The molecule has 1 aromatic heterocycles. The summed E-state index contributed by atoms with van der Waals surface area (Å²) < 4.78 is 5.98. The normalized spacial score (nSPS) is 20.0. The maximum Gasteiger partial charge on any atom is 0.123 e. The Morgan fingerprint density at radius 3 is 2.90 bits per heavy atom. The zero-order valence-electron chi connectivity index (χ0n) is 13.7. The molecule has 0 aromatic carbocycles. The molecule has 0 bridgehead atoms. The van der Waals surface area contributed by atoms with Crippen LogP contribution in [0, 0.1) is 0 Å². The Morgan fingerprint density at radius 1 is 1.33 bits per heavy atom. The molecule has 1 N–H and O–H groups in total. The summed E-state index contributed by atoms with van der Waals surface area (Å²) in [5, 5.41) is 4.60. The molecule has 0 saturated carbocycles. The van der Waals surface area contributed by atoms with Gasteiger partial charge in [0.05, 0.1) is 12.3 Å². The molecule has 0 aliphatic carbocycles. The van der Waals surface area contributed by atoms with Gasteiger partial charge in [-0.15, -0.1) is 11.3 Å². The fourth-order valence-corrected chi connectivity index (χ4v) is 3.84. The number of morpholine rings is 1. The molecule has 2 heterocycles. The van der Waals surface area contributed by atoms with Crippen LogP contribution in [0.3, 0.4) is 0 Å². The van der Waals surface area contributed by atoms with E-state index in [1.54, 1.807) is 0 Å². The average Bonchev–Trinajstić information content (AvgIpc) is 2.89. The highest BCUT2D eigenvalue weighted by Crippen LogP contribution is 2.29. The van der Waals surface area contributed by atoms with E-state index in [0.29, 0.717) is 0 Å². The minimum absolute atomic E-state index is 0.168. The molecule has 1 aliphatic heterocycles. The van der Waals surface area contributed by atoms with Gasteiger partial charge in [-0.3, -0.25) is 4.90 Å². The summed E-state index contributed by atoms with van der Waals surface area (Å²) in [5.74, 6) is 0. The van der Waals surface area contributed by atoms with Gasteiger partial charge in [-0.1, -0.05) is 27.2 Å². The third kappa shape index (κ3) is 4.74. The predicted octanol–water partition coefficient (Wildman–Crippen LogP) is 2.99. The summed E-state index contributed by atoms with van der Waals surface area (Å²) in [6, 6.07) is 0. The Labute approximate surface area is 132 Å². The number of rotatable bonds is 8. The minimum Gasteiger partial charge on any atom is -0.368 e. The number of hydrogen-bond donors (Lipinski definition) is 1. The first-order chi connectivity index (χ1) is 10.3. The highest BCUT2D eigenvalue weighted by molar-refractivity contribution is 7.11. The minimum atomic E-state index is 0.168. The van der Waals surface area contributed by atoms with Crippen LogP contribution in [0.15, 0.2) is 0 Å². The summed E-state index contributed by atoms with van der Waals surface area (Å²) in [4.78, 5) is 8.79. The number of aryl methyl sites for hydroxylation is 1. The molecular formula is C16H29N3OS. The molecule has 0 spiro atoms. The molecule has 0 radical (unpaired) electrons. The Kier molecular flexibility index (Phi) is 7.10. The van der Waals surface area contributed by atoms with Gasteiger partial charge in [0.25, 0.3) is 0 Å². The standard InChI is InChI=1S/C16H29N3OS/c1-4-7-13-15(11-17-6-3)21-16(18-13)14-12-19(8-5-2)9-10-20-14/h14,17H,4-12H2,1-3H3. The van der Waals surface area contributed by atoms with Crippen molar-refractivity contribution in [3.63, 3.8) is 0 Å². The Balaban J connectivity index is 2.07. The SMILES string of the molecule is CCCc1nc(C2CN(CCC)CCO2)sc1CNCC. The van der Waals surface area contributed by atoms with Gasteiger partial charge < -0.3 is 10.1 Å². The zero-order valence-corrected chi connectivity index (χ0v) is 14.5. The van der Waals surface area contributed by atoms with E-state index >= 15 is 0 Å². The first kappa shape index (κ1) is 16.9. The number of aromatic nitrogens is 1. The van der Waals surface area contributed by atoms with Gasteiger partial charge in [0.15, 0.2) is 0 Å². The first-order valence-corrected chi connectivity index (χ1v) is 9.13. The first-order valence-electron chi connectivity index (χ1n) is 8.31. The van der Waals surface area contributed by atoms with Gasteiger partial charge in [-0.2, -0.15) is 0 Å². The molecule has 4 nitrogen and oxygen atoms in total. The van der Waals surface area contributed by atoms with Crippen LogP contribution in [0.25, 0.3) is 0 Å². The fraction of sp³-hybridized carbons (Fsp3) is 0.812. The van der Waals surface area contributed by atoms with Gasteiger partial charge in [0.1, 0.15) is 11.1 Å². The predicted molar refractivity (Wildman–Crippen MR) is 88.9 cm³/mol. The highest BCUT2D eigenvalue weighted by atomic mass is 32.1. The molecule has 1 aromatic rings. The lowest BCUT2D eigenvalue weighted by atomic mass is 10.2. The zero-order chi connectivity index (χ0) is 15.1. The molecule has 5 heteroatoms. The number of nitrogens with zero attached hydrogens (tertiary/aromatic N) is 2. The average molecular weight is 311 g/mol. The molecule has 2 rings (SSSR count). The summed E-state index contributed by atoms with van der Waals surface area (Å²) in [5.41, 5.74) is 1.27. The van der Waals surface area contributed by atoms with Gasteiger partial charge >= 0.3 is 0 Å². The quantitative estimate of drug-likeness (QED) is 0.801. The van der Waals surface area contributed by atoms with Crippen molar-refractivity contribution in [1.29, 1.82) is 0 Å². The van der Waals surface area contributed by atoms with Crippen molar-refractivity contribution in [2.75, 3.05) is 32.8 Å². The Hall–Kier alpha value is -0.490. The van der Waals surface area contributed by atoms with Crippen molar-refractivity contribution in [2.24, 2.45) is 0 Å². The third-order valence-electron chi connectivity index (χ3n) is 3.78. The Bertz CT molecular complexity index is 420. The molecule has 1 unspecified atom stereocenters. The maximum absolute atomic E-state index is 5.98. The van der Waals surface area contributed by atoms with Crippen molar-refractivity contribution in [3.05, 3.63) is 15.6 Å². The number of nitrogens with one attached hydrogen (secondary N) is 1. The van der Waals surface area contributed by atoms with E-state index in [2.05, 4.69) is 31.0 Å². The van der Waals surface area contributed by atoms with Crippen molar-refractivity contribution >= 4 is 11.3 Å². The van der Waals surface area contributed by atoms with Gasteiger partial charge in [0.2, 0.25) is 0 Å². The maximum atomic E-state index is 5.98. The van der Waals surface area contributed by atoms with Crippen molar-refractivity contribution < 1.29 is 4.74 Å². The molecule has 0 amide bonds. The van der Waals surface area contributed by atoms with Crippen molar-refractivity contribution in [1.82, 2.24) is 15.2 Å². The summed E-state index contributed by atoms with van der Waals surface area (Å²) in [6.07, 6.45) is 3.59. The number of ether oxygens (including phenoxy) is 1.